The number of hydrogen-bond donors (Lipinski definition) is 0. The van der Waals surface area contributed by atoms with Gasteiger partial charge in [-0.25, -0.2) is 8.78 Å². The molecular formula is C27H15F4NaO4. The van der Waals surface area contributed by atoms with E-state index >= 15 is 0 Å². The summed E-state index contributed by atoms with van der Waals surface area (Å²) in [6.07, 6.45) is 0.362. The van der Waals surface area contributed by atoms with Crippen LogP contribution in [0, 0.1) is 23.3 Å². The summed E-state index contributed by atoms with van der Waals surface area (Å²) in [6.45, 7) is 0. The topological polar surface area (TPSA) is 66.4 Å². The SMILES string of the molecule is O=C(CCCc1ccc2ccc3cccc4ccc1c2c34)Oc1c(F)c(F)c(C(=O)[O-])c(F)c1F.[Na+]. The van der Waals surface area contributed by atoms with Crippen molar-refractivity contribution in [2.24, 2.45) is 0 Å². The molecular weight excluding hydrogens is 487 g/mol. The average molecular weight is 502 g/mol. The van der Waals surface area contributed by atoms with E-state index < -0.39 is 46.5 Å². The van der Waals surface area contributed by atoms with Crippen molar-refractivity contribution in [1.82, 2.24) is 0 Å². The quantitative estimate of drug-likeness (QED) is 0.0894. The summed E-state index contributed by atoms with van der Waals surface area (Å²) in [4.78, 5) is 22.9. The maximum atomic E-state index is 14.0. The Morgan fingerprint density at radius 1 is 0.750 bits per heavy atom. The molecule has 176 valence electrons. The van der Waals surface area contributed by atoms with Gasteiger partial charge < -0.3 is 14.6 Å². The van der Waals surface area contributed by atoms with Gasteiger partial charge in [-0.15, -0.1) is 0 Å². The first kappa shape index (κ1) is 25.9. The van der Waals surface area contributed by atoms with E-state index in [0.717, 1.165) is 37.9 Å². The number of carboxylic acid groups (broad SMARTS) is 1. The Balaban J connectivity index is 0.00000304. The molecule has 0 amide bonds. The number of carboxylic acids is 1. The van der Waals surface area contributed by atoms with Crippen LogP contribution >= 0.6 is 0 Å². The fraction of sp³-hybridized carbons (Fsp3) is 0.111. The summed E-state index contributed by atoms with van der Waals surface area (Å²) in [5, 5.41) is 17.3. The summed E-state index contributed by atoms with van der Waals surface area (Å²) in [6, 6.07) is 18.1. The fourth-order valence-corrected chi connectivity index (χ4v) is 4.48. The molecule has 0 aromatic heterocycles. The molecule has 0 aliphatic rings. The summed E-state index contributed by atoms with van der Waals surface area (Å²) in [7, 11) is 0. The third-order valence-corrected chi connectivity index (χ3v) is 6.09. The minimum absolute atomic E-state index is 0. The summed E-state index contributed by atoms with van der Waals surface area (Å²) in [5.41, 5.74) is -0.954. The Bertz CT molecular complexity index is 1610. The van der Waals surface area contributed by atoms with Crippen molar-refractivity contribution in [2.45, 2.75) is 19.3 Å². The molecule has 5 aromatic rings. The Kier molecular flexibility index (Phi) is 7.22. The molecule has 0 radical (unpaired) electrons. The van der Waals surface area contributed by atoms with E-state index in [9.17, 15) is 32.3 Å². The number of carbonyl (C=O) groups excluding carboxylic acids is 2. The van der Waals surface area contributed by atoms with Crippen molar-refractivity contribution in [2.75, 3.05) is 0 Å². The molecule has 0 saturated heterocycles. The Morgan fingerprint density at radius 2 is 1.31 bits per heavy atom. The number of benzene rings is 5. The molecule has 5 rings (SSSR count). The van der Waals surface area contributed by atoms with Crippen molar-refractivity contribution in [3.63, 3.8) is 0 Å². The van der Waals surface area contributed by atoms with Gasteiger partial charge in [0.05, 0.1) is 11.5 Å². The molecule has 4 nitrogen and oxygen atoms in total. The molecule has 9 heteroatoms. The van der Waals surface area contributed by atoms with E-state index in [-0.39, 0.29) is 42.4 Å². The van der Waals surface area contributed by atoms with E-state index in [1.165, 1.54) is 0 Å². The molecule has 0 bridgehead atoms. The van der Waals surface area contributed by atoms with Gasteiger partial charge in [0.2, 0.25) is 17.4 Å². The van der Waals surface area contributed by atoms with Gasteiger partial charge in [-0.1, -0.05) is 54.6 Å². The smallest absolute Gasteiger partial charge is 0.545 e. The molecule has 0 N–H and O–H groups in total. The van der Waals surface area contributed by atoms with Crippen LogP contribution in [0.3, 0.4) is 0 Å². The van der Waals surface area contributed by atoms with Crippen LogP contribution in [0.25, 0.3) is 32.3 Å². The van der Waals surface area contributed by atoms with Crippen LogP contribution in [0.1, 0.15) is 28.8 Å². The number of aromatic carboxylic acids is 1. The third kappa shape index (κ3) is 4.30. The summed E-state index contributed by atoms with van der Waals surface area (Å²) >= 11 is 0. The predicted molar refractivity (Wildman–Crippen MR) is 119 cm³/mol. The largest absolute Gasteiger partial charge is 1.00 e. The van der Waals surface area contributed by atoms with Gasteiger partial charge in [-0.3, -0.25) is 4.79 Å². The minimum Gasteiger partial charge on any atom is -0.545 e. The minimum atomic E-state index is -2.44. The van der Waals surface area contributed by atoms with Gasteiger partial charge >= 0.3 is 35.5 Å². The van der Waals surface area contributed by atoms with Gasteiger partial charge in [-0.05, 0) is 50.7 Å². The van der Waals surface area contributed by atoms with Crippen LogP contribution in [-0.2, 0) is 11.2 Å². The number of hydrogen-bond acceptors (Lipinski definition) is 4. The summed E-state index contributed by atoms with van der Waals surface area (Å²) in [5.74, 6) is -13.9. The van der Waals surface area contributed by atoms with Crippen molar-refractivity contribution >= 4 is 44.3 Å². The van der Waals surface area contributed by atoms with E-state index in [0.29, 0.717) is 6.42 Å². The second-order valence-electron chi connectivity index (χ2n) is 8.16. The van der Waals surface area contributed by atoms with Crippen molar-refractivity contribution in [3.8, 4) is 5.75 Å². The second kappa shape index (κ2) is 10.0. The number of halogens is 4. The standard InChI is InChI=1S/C27H16F4O4.Na/c28-22-21(27(33)34)23(29)25(31)26(24(22)30)35-18(32)6-2-3-13-7-8-16-10-9-14-4-1-5-15-11-12-17(13)20(16)19(14)15;/h1,4-5,7-12H,2-3,6H2,(H,33,34);/q;+1/p-1. The normalized spacial score (nSPS) is 11.2. The van der Waals surface area contributed by atoms with Crippen LogP contribution in [-0.4, -0.2) is 11.9 Å². The molecule has 0 aliphatic carbocycles. The number of carbonyl (C=O) groups is 2. The number of esters is 1. The van der Waals surface area contributed by atoms with Gasteiger partial charge in [0.25, 0.3) is 0 Å². The zero-order valence-electron chi connectivity index (χ0n) is 19.0. The van der Waals surface area contributed by atoms with Gasteiger partial charge in [0, 0.05) is 6.42 Å². The zero-order chi connectivity index (χ0) is 24.9. The Morgan fingerprint density at radius 3 is 1.92 bits per heavy atom. The van der Waals surface area contributed by atoms with Gasteiger partial charge in [-0.2, -0.15) is 8.78 Å². The molecule has 0 saturated carbocycles. The van der Waals surface area contributed by atoms with E-state index in [1.807, 2.05) is 48.5 Å². The van der Waals surface area contributed by atoms with Crippen molar-refractivity contribution in [3.05, 3.63) is 89.0 Å². The maximum absolute atomic E-state index is 14.0. The first-order chi connectivity index (χ1) is 16.8. The molecule has 0 atom stereocenters. The molecule has 0 aliphatic heterocycles. The molecule has 0 heterocycles. The third-order valence-electron chi connectivity index (χ3n) is 6.09. The predicted octanol–water partition coefficient (Wildman–Crippen LogP) is 2.44. The maximum Gasteiger partial charge on any atom is 1.00 e. The number of ether oxygens (including phenoxy) is 1. The number of aryl methyl sites for hydroxylation is 1. The first-order valence-corrected chi connectivity index (χ1v) is 10.7. The van der Waals surface area contributed by atoms with Gasteiger partial charge in [0.15, 0.2) is 11.6 Å². The van der Waals surface area contributed by atoms with E-state index in [1.54, 1.807) is 0 Å². The van der Waals surface area contributed by atoms with Crippen LogP contribution < -0.4 is 39.4 Å². The van der Waals surface area contributed by atoms with Crippen molar-refractivity contribution < 1.29 is 66.6 Å². The zero-order valence-corrected chi connectivity index (χ0v) is 21.0. The monoisotopic (exact) mass is 502 g/mol. The van der Waals surface area contributed by atoms with Gasteiger partial charge in [0.1, 0.15) is 0 Å². The van der Waals surface area contributed by atoms with Crippen molar-refractivity contribution in [1.29, 1.82) is 0 Å². The summed E-state index contributed by atoms with van der Waals surface area (Å²) < 4.78 is 60.2. The van der Waals surface area contributed by atoms with Crippen LogP contribution in [0.2, 0.25) is 0 Å². The fourth-order valence-electron chi connectivity index (χ4n) is 4.48. The first-order valence-electron chi connectivity index (χ1n) is 10.7. The van der Waals surface area contributed by atoms with Crippen LogP contribution in [0.15, 0.2) is 54.6 Å². The molecule has 0 unspecified atom stereocenters. The molecule has 0 spiro atoms. The van der Waals surface area contributed by atoms with E-state index in [4.69, 9.17) is 0 Å². The van der Waals surface area contributed by atoms with E-state index in [2.05, 4.69) is 10.8 Å². The molecule has 36 heavy (non-hydrogen) atoms. The number of rotatable bonds is 6. The Hall–Kier alpha value is -3.20. The van der Waals surface area contributed by atoms with Crippen LogP contribution in [0.4, 0.5) is 17.6 Å². The van der Waals surface area contributed by atoms with Crippen LogP contribution in [0.5, 0.6) is 5.75 Å². The molecule has 0 fully saturated rings. The Labute approximate surface area is 224 Å². The second-order valence-corrected chi connectivity index (χ2v) is 8.16. The average Bonchev–Trinajstić information content (AvgIpc) is 2.84. The molecule has 5 aromatic carbocycles.